The summed E-state index contributed by atoms with van der Waals surface area (Å²) >= 11 is 2.51. The zero-order valence-electron chi connectivity index (χ0n) is 10.9. The molecule has 0 aromatic rings. The van der Waals surface area contributed by atoms with Gasteiger partial charge in [-0.1, -0.05) is 68.5 Å². The van der Waals surface area contributed by atoms with Crippen molar-refractivity contribution in [1.82, 2.24) is 0 Å². The number of hydrogen-bond acceptors (Lipinski definition) is 1. The summed E-state index contributed by atoms with van der Waals surface area (Å²) in [6.07, 6.45) is 10.7. The number of rotatable bonds is 7. The maximum atomic E-state index is 6.19. The van der Waals surface area contributed by atoms with Crippen LogP contribution in [0.1, 0.15) is 65.2 Å². The van der Waals surface area contributed by atoms with E-state index in [1.54, 1.807) is 0 Å². The summed E-state index contributed by atoms with van der Waals surface area (Å²) in [4.78, 5) is 0. The first-order valence-electron chi connectivity index (χ1n) is 6.88. The van der Waals surface area contributed by atoms with Gasteiger partial charge in [-0.25, -0.2) is 0 Å². The summed E-state index contributed by atoms with van der Waals surface area (Å²) in [7, 11) is 0. The number of ether oxygens (including phenoxy) is 1. The van der Waals surface area contributed by atoms with E-state index >= 15 is 0 Å². The van der Waals surface area contributed by atoms with E-state index < -0.39 is 0 Å². The highest BCUT2D eigenvalue weighted by molar-refractivity contribution is 14.1. The van der Waals surface area contributed by atoms with Crippen LogP contribution >= 0.6 is 22.6 Å². The quantitative estimate of drug-likeness (QED) is 0.362. The highest BCUT2D eigenvalue weighted by Gasteiger charge is 2.31. The van der Waals surface area contributed by atoms with E-state index in [1.807, 2.05) is 0 Å². The number of hydrogen-bond donors (Lipinski definition) is 0. The zero-order valence-corrected chi connectivity index (χ0v) is 13.1. The average molecular weight is 338 g/mol. The number of unbranched alkanes of at least 4 members (excludes halogenated alkanes) is 1. The Balaban J connectivity index is 2.13. The van der Waals surface area contributed by atoms with Crippen molar-refractivity contribution in [2.75, 3.05) is 11.0 Å². The summed E-state index contributed by atoms with van der Waals surface area (Å²) < 4.78 is 7.37. The Morgan fingerprint density at radius 1 is 1.12 bits per heavy atom. The van der Waals surface area contributed by atoms with E-state index in [0.717, 1.165) is 12.5 Å². The van der Waals surface area contributed by atoms with E-state index in [1.165, 1.54) is 55.8 Å². The normalized spacial score (nSPS) is 20.2. The lowest BCUT2D eigenvalue weighted by Gasteiger charge is -2.35. The molecular formula is C14H27IO. The Labute approximate surface area is 115 Å². The predicted octanol–water partition coefficient (Wildman–Crippen LogP) is 4.97. The second kappa shape index (κ2) is 7.91. The van der Waals surface area contributed by atoms with Gasteiger partial charge in [-0.05, 0) is 25.2 Å². The molecule has 1 aliphatic carbocycles. The van der Waals surface area contributed by atoms with Crippen molar-refractivity contribution in [3.8, 4) is 0 Å². The fourth-order valence-corrected chi connectivity index (χ4v) is 3.44. The van der Waals surface area contributed by atoms with Crippen LogP contribution in [0, 0.1) is 5.92 Å². The molecule has 0 aromatic heterocycles. The largest absolute Gasteiger partial charge is 0.374 e. The smallest absolute Gasteiger partial charge is 0.0771 e. The second-order valence-electron chi connectivity index (χ2n) is 5.62. The van der Waals surface area contributed by atoms with Gasteiger partial charge in [-0.2, -0.15) is 0 Å². The van der Waals surface area contributed by atoms with Crippen LogP contribution in [0.15, 0.2) is 0 Å². The number of alkyl halides is 1. The van der Waals surface area contributed by atoms with Gasteiger partial charge in [0.15, 0.2) is 0 Å². The zero-order chi connectivity index (χ0) is 11.9. The number of halogens is 1. The molecule has 0 aliphatic heterocycles. The van der Waals surface area contributed by atoms with Gasteiger partial charge in [0.1, 0.15) is 0 Å². The Morgan fingerprint density at radius 3 is 2.38 bits per heavy atom. The molecule has 96 valence electrons. The third-order valence-electron chi connectivity index (χ3n) is 3.59. The lowest BCUT2D eigenvalue weighted by atomic mass is 9.86. The van der Waals surface area contributed by atoms with E-state index in [4.69, 9.17) is 4.74 Å². The summed E-state index contributed by atoms with van der Waals surface area (Å²) in [6, 6.07) is 0. The molecule has 0 heterocycles. The Morgan fingerprint density at radius 2 is 1.81 bits per heavy atom. The van der Waals surface area contributed by atoms with Crippen LogP contribution in [0.4, 0.5) is 0 Å². The third kappa shape index (κ3) is 5.35. The highest BCUT2D eigenvalue weighted by Crippen LogP contribution is 2.33. The summed E-state index contributed by atoms with van der Waals surface area (Å²) in [5, 5.41) is 0. The minimum Gasteiger partial charge on any atom is -0.374 e. The predicted molar refractivity (Wildman–Crippen MR) is 79.3 cm³/mol. The van der Waals surface area contributed by atoms with Crippen molar-refractivity contribution in [2.45, 2.75) is 70.8 Å². The van der Waals surface area contributed by atoms with Crippen LogP contribution in [0.25, 0.3) is 0 Å². The van der Waals surface area contributed by atoms with Gasteiger partial charge < -0.3 is 4.74 Å². The molecule has 0 spiro atoms. The monoisotopic (exact) mass is 338 g/mol. The molecule has 0 unspecified atom stereocenters. The fraction of sp³-hybridized carbons (Fsp3) is 1.00. The van der Waals surface area contributed by atoms with Crippen molar-refractivity contribution < 1.29 is 4.74 Å². The van der Waals surface area contributed by atoms with Gasteiger partial charge in [0.2, 0.25) is 0 Å². The van der Waals surface area contributed by atoms with Crippen molar-refractivity contribution in [1.29, 1.82) is 0 Å². The van der Waals surface area contributed by atoms with Gasteiger partial charge in [0.25, 0.3) is 0 Å². The Hall–Kier alpha value is 0.690. The van der Waals surface area contributed by atoms with Gasteiger partial charge >= 0.3 is 0 Å². The van der Waals surface area contributed by atoms with Crippen molar-refractivity contribution in [3.05, 3.63) is 0 Å². The van der Waals surface area contributed by atoms with Crippen molar-refractivity contribution in [2.24, 2.45) is 5.92 Å². The Kier molecular flexibility index (Phi) is 7.29. The van der Waals surface area contributed by atoms with Gasteiger partial charge in [0.05, 0.1) is 5.60 Å². The lowest BCUT2D eigenvalue weighted by molar-refractivity contribution is -0.0516. The second-order valence-corrected chi connectivity index (χ2v) is 6.38. The average Bonchev–Trinajstić information content (AvgIpc) is 2.29. The van der Waals surface area contributed by atoms with Crippen LogP contribution in [0.3, 0.4) is 0 Å². The molecule has 1 fully saturated rings. The molecule has 0 aromatic carbocycles. The van der Waals surface area contributed by atoms with Crippen LogP contribution in [-0.4, -0.2) is 16.6 Å². The molecule has 1 nitrogen and oxygen atoms in total. The maximum absolute atomic E-state index is 6.19. The highest BCUT2D eigenvalue weighted by atomic mass is 127. The molecule has 1 rings (SSSR count). The summed E-state index contributed by atoms with van der Waals surface area (Å²) in [6.45, 7) is 5.58. The first-order valence-corrected chi connectivity index (χ1v) is 8.41. The molecule has 0 saturated heterocycles. The molecule has 0 bridgehead atoms. The first kappa shape index (κ1) is 14.7. The van der Waals surface area contributed by atoms with Crippen molar-refractivity contribution in [3.63, 3.8) is 0 Å². The lowest BCUT2D eigenvalue weighted by Crippen LogP contribution is -2.37. The summed E-state index contributed by atoms with van der Waals surface area (Å²) in [5.41, 5.74) is 0.247. The minimum absolute atomic E-state index is 0.247. The van der Waals surface area contributed by atoms with E-state index in [2.05, 4.69) is 36.4 Å². The first-order chi connectivity index (χ1) is 7.68. The molecule has 0 radical (unpaired) electrons. The SMILES string of the molecule is CC(C)CCCCOC1(CI)CCCCC1. The molecule has 0 atom stereocenters. The van der Waals surface area contributed by atoms with Crippen LogP contribution < -0.4 is 0 Å². The maximum Gasteiger partial charge on any atom is 0.0771 e. The van der Waals surface area contributed by atoms with E-state index in [9.17, 15) is 0 Å². The molecule has 1 aliphatic rings. The molecule has 0 N–H and O–H groups in total. The van der Waals surface area contributed by atoms with Gasteiger partial charge in [0, 0.05) is 11.0 Å². The van der Waals surface area contributed by atoms with E-state index in [0.29, 0.717) is 0 Å². The minimum atomic E-state index is 0.247. The molecule has 2 heteroatoms. The summed E-state index contributed by atoms with van der Waals surface area (Å²) in [5.74, 6) is 0.841. The standard InChI is InChI=1S/C14H27IO/c1-13(2)8-4-7-11-16-14(12-15)9-5-3-6-10-14/h13H,3-12H2,1-2H3. The van der Waals surface area contributed by atoms with Gasteiger partial charge in [-0.15, -0.1) is 0 Å². The molecule has 16 heavy (non-hydrogen) atoms. The molecule has 0 amide bonds. The fourth-order valence-electron chi connectivity index (χ4n) is 2.46. The van der Waals surface area contributed by atoms with Gasteiger partial charge in [-0.3, -0.25) is 0 Å². The van der Waals surface area contributed by atoms with E-state index in [-0.39, 0.29) is 5.60 Å². The Bertz CT molecular complexity index is 174. The topological polar surface area (TPSA) is 9.23 Å². The third-order valence-corrected chi connectivity index (χ3v) is 4.98. The van der Waals surface area contributed by atoms with Crippen molar-refractivity contribution >= 4 is 22.6 Å². The molecule has 1 saturated carbocycles. The van der Waals surface area contributed by atoms with Crippen LogP contribution in [-0.2, 0) is 4.74 Å². The van der Waals surface area contributed by atoms with Crippen LogP contribution in [0.5, 0.6) is 0 Å². The van der Waals surface area contributed by atoms with Crippen LogP contribution in [0.2, 0.25) is 0 Å². The molecular weight excluding hydrogens is 311 g/mol.